The average molecular weight is 492 g/mol. The van der Waals surface area contributed by atoms with Crippen molar-refractivity contribution in [3.63, 3.8) is 0 Å². The number of rotatable bonds is 4. The van der Waals surface area contributed by atoms with Crippen LogP contribution in [0.5, 0.6) is 0 Å². The number of hydrogen-bond donors (Lipinski definition) is 2. The highest BCUT2D eigenvalue weighted by Crippen LogP contribution is 2.44. The van der Waals surface area contributed by atoms with Gasteiger partial charge in [-0.3, -0.25) is 10.2 Å². The minimum Gasteiger partial charge on any atom is -0.317 e. The van der Waals surface area contributed by atoms with Crippen molar-refractivity contribution in [2.45, 2.75) is 10.2 Å². The average Bonchev–Trinajstić information content (AvgIpc) is 3.45. The highest BCUT2D eigenvalue weighted by molar-refractivity contribution is 7.99. The van der Waals surface area contributed by atoms with Gasteiger partial charge in [-0.15, -0.1) is 33.1 Å². The lowest BCUT2D eigenvalue weighted by Gasteiger charge is -2.18. The van der Waals surface area contributed by atoms with Crippen molar-refractivity contribution in [1.29, 1.82) is 0 Å². The van der Waals surface area contributed by atoms with E-state index in [1.807, 2.05) is 65.3 Å². The molecule has 0 saturated carbocycles. The second kappa shape index (κ2) is 8.14. The molecule has 5 aromatic rings. The molecule has 0 radical (unpaired) electrons. The Bertz CT molecular complexity index is 1520. The molecule has 1 aliphatic rings. The number of fused-ring (bicyclic) bond motifs is 3. The summed E-state index contributed by atoms with van der Waals surface area (Å²) in [6, 6.07) is 19.6. The van der Waals surface area contributed by atoms with E-state index in [1.54, 1.807) is 0 Å². The molecule has 2 aromatic carbocycles. The highest BCUT2D eigenvalue weighted by Gasteiger charge is 2.27. The quantitative estimate of drug-likeness (QED) is 0.330. The van der Waals surface area contributed by atoms with E-state index in [4.69, 9.17) is 21.6 Å². The lowest BCUT2D eigenvalue weighted by Crippen LogP contribution is -2.18. The first-order chi connectivity index (χ1) is 16.2. The number of nitrogens with one attached hydrogen (secondary N) is 2. The minimum atomic E-state index is -0.267. The molecule has 0 bridgehead atoms. The summed E-state index contributed by atoms with van der Waals surface area (Å²) in [5.41, 5.74) is 6.87. The number of amides is 1. The van der Waals surface area contributed by atoms with Gasteiger partial charge in [0.1, 0.15) is 10.9 Å². The number of benzene rings is 2. The van der Waals surface area contributed by atoms with Crippen LogP contribution in [0, 0.1) is 0 Å². The summed E-state index contributed by atoms with van der Waals surface area (Å²) in [7, 11) is 0. The fourth-order valence-corrected chi connectivity index (χ4v) is 5.47. The van der Waals surface area contributed by atoms with Gasteiger partial charge in [-0.05, 0) is 35.5 Å². The van der Waals surface area contributed by atoms with Gasteiger partial charge in [0.05, 0.1) is 20.9 Å². The van der Waals surface area contributed by atoms with Crippen LogP contribution in [0.25, 0.3) is 32.9 Å². The molecule has 0 atom stereocenters. The molecule has 162 valence electrons. The fraction of sp³-hybridized carbons (Fsp3) is 0.0455. The van der Waals surface area contributed by atoms with E-state index in [0.717, 1.165) is 32.1 Å². The zero-order valence-electron chi connectivity index (χ0n) is 16.8. The lowest BCUT2D eigenvalue weighted by molar-refractivity contribution is -0.113. The third-order valence-corrected chi connectivity index (χ3v) is 7.20. The van der Waals surface area contributed by atoms with Gasteiger partial charge < -0.3 is 5.32 Å². The maximum absolute atomic E-state index is 11.9. The number of halogens is 1. The second-order valence-electron chi connectivity index (χ2n) is 7.12. The van der Waals surface area contributed by atoms with E-state index in [-0.39, 0.29) is 11.8 Å². The summed E-state index contributed by atoms with van der Waals surface area (Å²) in [5, 5.41) is 13.8. The molecule has 0 spiro atoms. The summed E-state index contributed by atoms with van der Waals surface area (Å²) >= 11 is 8.51. The number of alkyl halides is 1. The van der Waals surface area contributed by atoms with E-state index in [0.29, 0.717) is 21.8 Å². The van der Waals surface area contributed by atoms with Crippen LogP contribution in [0.2, 0.25) is 0 Å². The SMILES string of the molecule is O=C(CCl)Nc1cc(-c2ccccc2)c(-c2nnc3n2Nc2nc4ccccc4nc2S3)s1. The third-order valence-electron chi connectivity index (χ3n) is 4.98. The number of aromatic nitrogens is 5. The van der Waals surface area contributed by atoms with E-state index >= 15 is 0 Å². The first-order valence-electron chi connectivity index (χ1n) is 9.92. The Morgan fingerprint density at radius 3 is 2.58 bits per heavy atom. The molecular formula is C22H14ClN7OS2. The van der Waals surface area contributed by atoms with Gasteiger partial charge in [-0.1, -0.05) is 42.5 Å². The van der Waals surface area contributed by atoms with Crippen LogP contribution in [0.1, 0.15) is 0 Å². The molecule has 33 heavy (non-hydrogen) atoms. The van der Waals surface area contributed by atoms with E-state index in [1.165, 1.54) is 23.1 Å². The Labute approximate surface area is 201 Å². The first kappa shape index (κ1) is 20.2. The second-order valence-corrected chi connectivity index (χ2v) is 9.40. The predicted molar refractivity (Wildman–Crippen MR) is 131 cm³/mol. The largest absolute Gasteiger partial charge is 0.317 e. The molecule has 0 saturated heterocycles. The molecular weight excluding hydrogens is 478 g/mol. The van der Waals surface area contributed by atoms with Crippen molar-refractivity contribution in [1.82, 2.24) is 24.8 Å². The van der Waals surface area contributed by atoms with Crippen molar-refractivity contribution in [3.05, 3.63) is 60.7 Å². The van der Waals surface area contributed by atoms with Crippen LogP contribution < -0.4 is 10.7 Å². The monoisotopic (exact) mass is 491 g/mol. The summed E-state index contributed by atoms with van der Waals surface area (Å²) in [5.74, 6) is 0.877. The summed E-state index contributed by atoms with van der Waals surface area (Å²) < 4.78 is 1.81. The van der Waals surface area contributed by atoms with Gasteiger partial charge in [0.2, 0.25) is 11.1 Å². The molecule has 4 heterocycles. The minimum absolute atomic E-state index is 0.115. The first-order valence-corrected chi connectivity index (χ1v) is 12.1. The van der Waals surface area contributed by atoms with E-state index in [9.17, 15) is 4.79 Å². The van der Waals surface area contributed by atoms with Gasteiger partial charge in [-0.25, -0.2) is 14.6 Å². The molecule has 0 aliphatic carbocycles. The van der Waals surface area contributed by atoms with Gasteiger partial charge in [-0.2, -0.15) is 0 Å². The predicted octanol–water partition coefficient (Wildman–Crippen LogP) is 5.13. The Morgan fingerprint density at radius 2 is 1.79 bits per heavy atom. The van der Waals surface area contributed by atoms with Gasteiger partial charge in [0.25, 0.3) is 0 Å². The van der Waals surface area contributed by atoms with Gasteiger partial charge >= 0.3 is 0 Å². The van der Waals surface area contributed by atoms with Crippen molar-refractivity contribution in [3.8, 4) is 21.8 Å². The normalized spacial score (nSPS) is 12.2. The smallest absolute Gasteiger partial charge is 0.239 e. The highest BCUT2D eigenvalue weighted by atomic mass is 35.5. The molecule has 3 aromatic heterocycles. The van der Waals surface area contributed by atoms with Crippen molar-refractivity contribution < 1.29 is 4.79 Å². The maximum atomic E-state index is 11.9. The van der Waals surface area contributed by atoms with Crippen LogP contribution in [0.3, 0.4) is 0 Å². The zero-order valence-corrected chi connectivity index (χ0v) is 19.2. The van der Waals surface area contributed by atoms with Gasteiger partial charge in [0.15, 0.2) is 11.6 Å². The fourth-order valence-electron chi connectivity index (χ4n) is 3.53. The third kappa shape index (κ3) is 3.62. The summed E-state index contributed by atoms with van der Waals surface area (Å²) in [4.78, 5) is 22.2. The Hall–Kier alpha value is -3.47. The number of thiophene rings is 1. The number of para-hydroxylation sites is 2. The Morgan fingerprint density at radius 1 is 1.03 bits per heavy atom. The van der Waals surface area contributed by atoms with E-state index < -0.39 is 0 Å². The van der Waals surface area contributed by atoms with Crippen LogP contribution in [0.4, 0.5) is 10.8 Å². The summed E-state index contributed by atoms with van der Waals surface area (Å²) in [6.45, 7) is 0. The van der Waals surface area contributed by atoms with Crippen molar-refractivity contribution in [2.75, 3.05) is 16.6 Å². The molecule has 0 unspecified atom stereocenters. The zero-order chi connectivity index (χ0) is 22.4. The number of carbonyl (C=O) groups excluding carboxylic acids is 1. The van der Waals surface area contributed by atoms with Crippen LogP contribution in [0.15, 0.2) is 70.8 Å². The van der Waals surface area contributed by atoms with Crippen LogP contribution in [-0.4, -0.2) is 36.6 Å². The van der Waals surface area contributed by atoms with Crippen molar-refractivity contribution in [2.24, 2.45) is 0 Å². The number of nitrogens with zero attached hydrogens (tertiary/aromatic N) is 5. The molecule has 6 rings (SSSR count). The molecule has 2 N–H and O–H groups in total. The lowest BCUT2D eigenvalue weighted by atomic mass is 10.1. The number of carbonyl (C=O) groups is 1. The standard InChI is InChI=1S/C22H14ClN7OS2/c23-11-16(31)26-17-10-13(12-6-2-1-3-7-12)18(32-17)20-27-28-22-30(20)29-19-21(33-22)25-15-9-5-4-8-14(15)24-19/h1-10H,11H2,(H,24,29)(H,26,31). The van der Waals surface area contributed by atoms with Crippen molar-refractivity contribution >= 4 is 62.5 Å². The van der Waals surface area contributed by atoms with Crippen LogP contribution in [-0.2, 0) is 4.79 Å². The van der Waals surface area contributed by atoms with Crippen LogP contribution >= 0.6 is 34.7 Å². The topological polar surface area (TPSA) is 97.6 Å². The Balaban J connectivity index is 1.46. The summed E-state index contributed by atoms with van der Waals surface area (Å²) in [6.07, 6.45) is 0. The molecule has 0 fully saturated rings. The molecule has 8 nitrogen and oxygen atoms in total. The van der Waals surface area contributed by atoms with E-state index in [2.05, 4.69) is 20.9 Å². The number of anilines is 2. The Kier molecular flexibility index (Phi) is 4.97. The van der Waals surface area contributed by atoms with Gasteiger partial charge in [0, 0.05) is 5.56 Å². The molecule has 1 aliphatic heterocycles. The number of hydrogen-bond acceptors (Lipinski definition) is 8. The maximum Gasteiger partial charge on any atom is 0.239 e. The molecule has 11 heteroatoms. The molecule has 1 amide bonds.